The van der Waals surface area contributed by atoms with Crippen molar-refractivity contribution in [2.45, 2.75) is 32.2 Å². The standard InChI is InChI=1S/C23H23ClFN3O2/c1-15-12-23(14-28(15)18-3-2-16(13-26)20(24)10-18)6-8-27(9-7-23)17-4-5-19(22(29)30)21(25)11-17/h2-5,10-11,15H,6-9,12,14H2,1H3,(H,29,30)/t15-/m1/s1. The number of nitrogens with zero attached hydrogens (tertiary/aromatic N) is 3. The molecule has 0 radical (unpaired) electrons. The maximum absolute atomic E-state index is 14.1. The zero-order valence-corrected chi connectivity index (χ0v) is 17.5. The predicted molar refractivity (Wildman–Crippen MR) is 115 cm³/mol. The van der Waals surface area contributed by atoms with Crippen LogP contribution in [-0.4, -0.2) is 36.8 Å². The molecule has 0 bridgehead atoms. The second kappa shape index (κ2) is 7.81. The topological polar surface area (TPSA) is 67.6 Å². The first-order valence-electron chi connectivity index (χ1n) is 10.1. The van der Waals surface area contributed by atoms with Gasteiger partial charge in [0.15, 0.2) is 0 Å². The van der Waals surface area contributed by atoms with Gasteiger partial charge in [0.05, 0.1) is 16.1 Å². The molecule has 5 nitrogen and oxygen atoms in total. The molecule has 0 saturated carbocycles. The minimum absolute atomic E-state index is 0.190. The largest absolute Gasteiger partial charge is 0.478 e. The highest BCUT2D eigenvalue weighted by Gasteiger charge is 2.44. The Bertz CT molecular complexity index is 1030. The first-order valence-corrected chi connectivity index (χ1v) is 10.4. The third-order valence-corrected chi connectivity index (χ3v) is 6.86. The van der Waals surface area contributed by atoms with Crippen molar-refractivity contribution in [3.05, 3.63) is 58.4 Å². The lowest BCUT2D eigenvalue weighted by Crippen LogP contribution is -2.41. The smallest absolute Gasteiger partial charge is 0.338 e. The van der Waals surface area contributed by atoms with Crippen molar-refractivity contribution in [2.24, 2.45) is 5.41 Å². The van der Waals surface area contributed by atoms with Crippen molar-refractivity contribution in [1.82, 2.24) is 0 Å². The van der Waals surface area contributed by atoms with Gasteiger partial charge in [-0.3, -0.25) is 0 Å². The number of carbonyl (C=O) groups is 1. The van der Waals surface area contributed by atoms with E-state index in [2.05, 4.69) is 22.8 Å². The minimum atomic E-state index is -1.25. The van der Waals surface area contributed by atoms with E-state index < -0.39 is 11.8 Å². The van der Waals surface area contributed by atoms with Crippen LogP contribution in [0.5, 0.6) is 0 Å². The van der Waals surface area contributed by atoms with Gasteiger partial charge in [-0.1, -0.05) is 11.6 Å². The zero-order valence-electron chi connectivity index (χ0n) is 16.7. The van der Waals surface area contributed by atoms with E-state index in [0.717, 1.165) is 50.3 Å². The Hall–Kier alpha value is -2.78. The van der Waals surface area contributed by atoms with Crippen LogP contribution in [0.1, 0.15) is 42.1 Å². The van der Waals surface area contributed by atoms with Gasteiger partial charge in [0.25, 0.3) is 0 Å². The number of carboxylic acid groups (broad SMARTS) is 1. The van der Waals surface area contributed by atoms with Crippen LogP contribution >= 0.6 is 11.6 Å². The first-order chi connectivity index (χ1) is 14.3. The van der Waals surface area contributed by atoms with Crippen molar-refractivity contribution < 1.29 is 14.3 Å². The molecule has 1 N–H and O–H groups in total. The third kappa shape index (κ3) is 3.70. The number of piperidine rings is 1. The van der Waals surface area contributed by atoms with E-state index in [4.69, 9.17) is 22.0 Å². The molecule has 2 aromatic carbocycles. The Kier molecular flexibility index (Phi) is 5.33. The number of hydrogen-bond acceptors (Lipinski definition) is 4. The summed E-state index contributed by atoms with van der Waals surface area (Å²) in [7, 11) is 0. The second-order valence-electron chi connectivity index (χ2n) is 8.41. The second-order valence-corrected chi connectivity index (χ2v) is 8.82. The summed E-state index contributed by atoms with van der Waals surface area (Å²) in [5.74, 6) is -1.95. The number of rotatable bonds is 3. The van der Waals surface area contributed by atoms with Gasteiger partial charge >= 0.3 is 5.97 Å². The van der Waals surface area contributed by atoms with E-state index in [1.807, 2.05) is 12.1 Å². The van der Waals surface area contributed by atoms with Crippen LogP contribution < -0.4 is 9.80 Å². The van der Waals surface area contributed by atoms with Crippen molar-refractivity contribution in [1.29, 1.82) is 5.26 Å². The number of halogens is 2. The summed E-state index contributed by atoms with van der Waals surface area (Å²) in [5, 5.41) is 18.6. The van der Waals surface area contributed by atoms with Gasteiger partial charge in [-0.25, -0.2) is 9.18 Å². The van der Waals surface area contributed by atoms with Crippen LogP contribution in [0.15, 0.2) is 36.4 Å². The van der Waals surface area contributed by atoms with E-state index in [0.29, 0.717) is 16.6 Å². The molecule has 0 unspecified atom stereocenters. The summed E-state index contributed by atoms with van der Waals surface area (Å²) in [4.78, 5) is 15.5. The molecule has 1 spiro atoms. The quantitative estimate of drug-likeness (QED) is 0.751. The molecule has 0 aliphatic carbocycles. The fourth-order valence-electron chi connectivity index (χ4n) is 4.91. The summed E-state index contributed by atoms with van der Waals surface area (Å²) in [6.07, 6.45) is 3.05. The molecule has 30 heavy (non-hydrogen) atoms. The number of nitriles is 1. The molecular weight excluding hydrogens is 405 g/mol. The third-order valence-electron chi connectivity index (χ3n) is 6.54. The van der Waals surface area contributed by atoms with E-state index >= 15 is 0 Å². The monoisotopic (exact) mass is 427 g/mol. The molecule has 4 rings (SSSR count). The SMILES string of the molecule is C[C@@H]1CC2(CCN(c3ccc(C(=O)O)c(F)c3)CC2)CN1c1ccc(C#N)c(Cl)c1. The number of aromatic carboxylic acids is 1. The molecular formula is C23H23ClFN3O2. The van der Waals surface area contributed by atoms with Crippen LogP contribution in [0, 0.1) is 22.6 Å². The van der Waals surface area contributed by atoms with Crippen LogP contribution in [0.3, 0.4) is 0 Å². The van der Waals surface area contributed by atoms with E-state index in [1.54, 1.807) is 12.1 Å². The predicted octanol–water partition coefficient (Wildman–Crippen LogP) is 4.93. The molecule has 0 aromatic heterocycles. The van der Waals surface area contributed by atoms with Gasteiger partial charge in [0.1, 0.15) is 11.9 Å². The van der Waals surface area contributed by atoms with Crippen molar-refractivity contribution in [3.8, 4) is 6.07 Å². The number of carboxylic acids is 1. The Labute approximate surface area is 180 Å². The summed E-state index contributed by atoms with van der Waals surface area (Å²) in [6, 6.07) is 12.4. The molecule has 2 saturated heterocycles. The highest BCUT2D eigenvalue weighted by Crippen LogP contribution is 2.46. The molecule has 2 fully saturated rings. The van der Waals surface area contributed by atoms with Gasteiger partial charge in [-0.15, -0.1) is 0 Å². The molecule has 156 valence electrons. The minimum Gasteiger partial charge on any atom is -0.478 e. The lowest BCUT2D eigenvalue weighted by molar-refractivity contribution is 0.0692. The maximum Gasteiger partial charge on any atom is 0.338 e. The van der Waals surface area contributed by atoms with Gasteiger partial charge in [0, 0.05) is 37.1 Å². The fraction of sp³-hybridized carbons (Fsp3) is 0.391. The van der Waals surface area contributed by atoms with E-state index in [9.17, 15) is 9.18 Å². The summed E-state index contributed by atoms with van der Waals surface area (Å²) in [6.45, 7) is 4.75. The average molecular weight is 428 g/mol. The molecule has 1 atom stereocenters. The first kappa shape index (κ1) is 20.5. The Morgan fingerprint density at radius 3 is 2.53 bits per heavy atom. The highest BCUT2D eigenvalue weighted by atomic mass is 35.5. The Morgan fingerprint density at radius 1 is 1.23 bits per heavy atom. The van der Waals surface area contributed by atoms with Gasteiger partial charge in [-0.05, 0) is 68.0 Å². The zero-order chi connectivity index (χ0) is 21.5. The summed E-state index contributed by atoms with van der Waals surface area (Å²) >= 11 is 6.24. The van der Waals surface area contributed by atoms with Crippen molar-refractivity contribution >= 4 is 28.9 Å². The van der Waals surface area contributed by atoms with Gasteiger partial charge in [-0.2, -0.15) is 5.26 Å². The lowest BCUT2D eigenvalue weighted by atomic mass is 9.76. The van der Waals surface area contributed by atoms with E-state index in [1.165, 1.54) is 12.1 Å². The van der Waals surface area contributed by atoms with Crippen LogP contribution in [0.25, 0.3) is 0 Å². The van der Waals surface area contributed by atoms with E-state index in [-0.39, 0.29) is 11.0 Å². The number of anilines is 2. The summed E-state index contributed by atoms with van der Waals surface area (Å²) < 4.78 is 14.1. The molecule has 2 aliphatic rings. The lowest BCUT2D eigenvalue weighted by Gasteiger charge is -2.40. The number of hydrogen-bond donors (Lipinski definition) is 1. The van der Waals surface area contributed by atoms with Crippen molar-refractivity contribution in [2.75, 3.05) is 29.4 Å². The van der Waals surface area contributed by atoms with Gasteiger partial charge in [0.2, 0.25) is 0 Å². The van der Waals surface area contributed by atoms with Crippen LogP contribution in [0.4, 0.5) is 15.8 Å². The molecule has 7 heteroatoms. The highest BCUT2D eigenvalue weighted by molar-refractivity contribution is 6.32. The average Bonchev–Trinajstić information content (AvgIpc) is 3.03. The summed E-state index contributed by atoms with van der Waals surface area (Å²) in [5.41, 5.74) is 2.15. The molecule has 0 amide bonds. The normalized spacial score (nSPS) is 20.4. The maximum atomic E-state index is 14.1. The fourth-order valence-corrected chi connectivity index (χ4v) is 5.13. The van der Waals surface area contributed by atoms with Crippen LogP contribution in [0.2, 0.25) is 5.02 Å². The van der Waals surface area contributed by atoms with Gasteiger partial charge < -0.3 is 14.9 Å². The van der Waals surface area contributed by atoms with Crippen LogP contribution in [-0.2, 0) is 0 Å². The molecule has 2 heterocycles. The molecule has 2 aromatic rings. The van der Waals surface area contributed by atoms with Crippen molar-refractivity contribution in [3.63, 3.8) is 0 Å². The number of benzene rings is 2. The Morgan fingerprint density at radius 2 is 1.93 bits per heavy atom. The Balaban J connectivity index is 1.46. The molecule has 2 aliphatic heterocycles.